The Balaban J connectivity index is 1.94. The van der Waals surface area contributed by atoms with Gasteiger partial charge in [-0.25, -0.2) is 9.18 Å². The van der Waals surface area contributed by atoms with E-state index in [1.807, 2.05) is 6.07 Å². The highest BCUT2D eigenvalue weighted by molar-refractivity contribution is 5.95. The highest BCUT2D eigenvalue weighted by atomic mass is 19.1. The van der Waals surface area contributed by atoms with E-state index in [0.29, 0.717) is 5.69 Å². The van der Waals surface area contributed by atoms with Crippen LogP contribution in [-0.2, 0) is 4.74 Å². The largest absolute Gasteiger partial charge is 0.487 e. The van der Waals surface area contributed by atoms with E-state index >= 15 is 0 Å². The van der Waals surface area contributed by atoms with Crippen LogP contribution in [0.2, 0.25) is 0 Å². The monoisotopic (exact) mass is 357 g/mol. The van der Waals surface area contributed by atoms with Crippen molar-refractivity contribution in [3.05, 3.63) is 41.5 Å². The molecule has 0 bridgehead atoms. The molecule has 7 heteroatoms. The fourth-order valence-electron chi connectivity index (χ4n) is 3.22. The number of methoxy groups -OCH3 is 1. The van der Waals surface area contributed by atoms with Crippen molar-refractivity contribution in [1.29, 1.82) is 5.26 Å². The molecular formula is C19H20FN3O3. The van der Waals surface area contributed by atoms with Gasteiger partial charge in [0.15, 0.2) is 17.3 Å². The molecular weight excluding hydrogens is 337 g/mol. The smallest absolute Gasteiger partial charge is 0.357 e. The molecule has 1 heterocycles. The van der Waals surface area contributed by atoms with Gasteiger partial charge < -0.3 is 19.8 Å². The molecule has 1 aliphatic carbocycles. The molecule has 0 atom stereocenters. The van der Waals surface area contributed by atoms with Crippen LogP contribution >= 0.6 is 0 Å². The lowest BCUT2D eigenvalue weighted by Gasteiger charge is -2.23. The van der Waals surface area contributed by atoms with Crippen LogP contribution in [0.4, 0.5) is 10.1 Å². The zero-order chi connectivity index (χ0) is 18.7. The van der Waals surface area contributed by atoms with E-state index < -0.39 is 11.8 Å². The van der Waals surface area contributed by atoms with E-state index in [0.717, 1.165) is 25.7 Å². The van der Waals surface area contributed by atoms with Crippen LogP contribution < -0.4 is 10.5 Å². The molecule has 1 aliphatic rings. The normalized spacial score (nSPS) is 14.7. The molecule has 0 spiro atoms. The molecule has 0 amide bonds. The number of hydrogen-bond donors (Lipinski definition) is 1. The lowest BCUT2D eigenvalue weighted by molar-refractivity contribution is 0.0593. The van der Waals surface area contributed by atoms with Gasteiger partial charge in [0, 0.05) is 18.0 Å². The minimum Gasteiger partial charge on any atom is -0.487 e. The molecule has 0 unspecified atom stereocenters. The van der Waals surface area contributed by atoms with Gasteiger partial charge in [0.25, 0.3) is 0 Å². The Morgan fingerprint density at radius 3 is 2.69 bits per heavy atom. The Morgan fingerprint density at radius 1 is 1.35 bits per heavy atom. The number of carbonyl (C=O) groups is 1. The van der Waals surface area contributed by atoms with Gasteiger partial charge in [-0.05, 0) is 37.8 Å². The topological polar surface area (TPSA) is 90.3 Å². The second kappa shape index (κ2) is 7.48. The average molecular weight is 357 g/mol. The molecule has 1 aromatic carbocycles. The quantitative estimate of drug-likeness (QED) is 0.845. The summed E-state index contributed by atoms with van der Waals surface area (Å²) in [6.45, 7) is 0. The maximum absolute atomic E-state index is 14.5. The minimum absolute atomic E-state index is 0.00212. The molecule has 1 aromatic heterocycles. The molecule has 1 saturated carbocycles. The summed E-state index contributed by atoms with van der Waals surface area (Å²) in [4.78, 5) is 12.0. The first-order valence-electron chi connectivity index (χ1n) is 8.51. The Kier molecular flexibility index (Phi) is 5.12. The first kappa shape index (κ1) is 17.8. The number of nitrogens with two attached hydrogens (primary N) is 1. The molecule has 2 N–H and O–H groups in total. The van der Waals surface area contributed by atoms with E-state index in [1.165, 1.54) is 36.4 Å². The maximum Gasteiger partial charge on any atom is 0.357 e. The number of rotatable bonds is 4. The summed E-state index contributed by atoms with van der Waals surface area (Å²) in [7, 11) is 1.22. The molecule has 26 heavy (non-hydrogen) atoms. The van der Waals surface area contributed by atoms with Gasteiger partial charge in [0.1, 0.15) is 6.07 Å². The average Bonchev–Trinajstić information content (AvgIpc) is 3.00. The van der Waals surface area contributed by atoms with Gasteiger partial charge in [0.05, 0.1) is 24.5 Å². The fourth-order valence-corrected chi connectivity index (χ4v) is 3.22. The third-order valence-electron chi connectivity index (χ3n) is 4.58. The number of carbonyl (C=O) groups excluding carboxylic acids is 1. The zero-order valence-electron chi connectivity index (χ0n) is 14.5. The van der Waals surface area contributed by atoms with Gasteiger partial charge in [-0.15, -0.1) is 0 Å². The molecule has 136 valence electrons. The van der Waals surface area contributed by atoms with Gasteiger partial charge in [-0.3, -0.25) is 0 Å². The van der Waals surface area contributed by atoms with E-state index in [9.17, 15) is 9.18 Å². The predicted molar refractivity (Wildman–Crippen MR) is 93.7 cm³/mol. The van der Waals surface area contributed by atoms with Crippen molar-refractivity contribution in [2.75, 3.05) is 12.8 Å². The van der Waals surface area contributed by atoms with Crippen molar-refractivity contribution in [2.24, 2.45) is 0 Å². The number of nitrogen functional groups attached to an aromatic ring is 1. The summed E-state index contributed by atoms with van der Waals surface area (Å²) in [5.74, 6) is -1.05. The molecule has 1 fully saturated rings. The summed E-state index contributed by atoms with van der Waals surface area (Å²) in [6, 6.07) is 6.32. The number of halogens is 1. The second-order valence-corrected chi connectivity index (χ2v) is 6.27. The van der Waals surface area contributed by atoms with Crippen molar-refractivity contribution in [1.82, 2.24) is 4.57 Å². The molecule has 0 aliphatic heterocycles. The molecule has 0 saturated heterocycles. The summed E-state index contributed by atoms with van der Waals surface area (Å²) in [6.07, 6.45) is 6.63. The fraction of sp³-hybridized carbons (Fsp3) is 0.368. The lowest BCUT2D eigenvalue weighted by Crippen LogP contribution is -2.20. The first-order valence-corrected chi connectivity index (χ1v) is 8.51. The number of nitrogens with zero attached hydrogens (tertiary/aromatic N) is 2. The van der Waals surface area contributed by atoms with Gasteiger partial charge in [-0.1, -0.05) is 6.42 Å². The van der Waals surface area contributed by atoms with Crippen LogP contribution in [0.3, 0.4) is 0 Å². The summed E-state index contributed by atoms with van der Waals surface area (Å²) < 4.78 is 26.4. The number of esters is 1. The van der Waals surface area contributed by atoms with Crippen LogP contribution in [0.1, 0.15) is 48.2 Å². The van der Waals surface area contributed by atoms with E-state index in [-0.39, 0.29) is 28.8 Å². The van der Waals surface area contributed by atoms with Crippen LogP contribution in [0.15, 0.2) is 24.4 Å². The van der Waals surface area contributed by atoms with Gasteiger partial charge in [-0.2, -0.15) is 5.26 Å². The third-order valence-corrected chi connectivity index (χ3v) is 4.58. The van der Waals surface area contributed by atoms with Crippen molar-refractivity contribution in [3.8, 4) is 17.5 Å². The zero-order valence-corrected chi connectivity index (χ0v) is 14.5. The van der Waals surface area contributed by atoms with E-state index in [4.69, 9.17) is 20.5 Å². The second-order valence-electron chi connectivity index (χ2n) is 6.27. The van der Waals surface area contributed by atoms with Crippen molar-refractivity contribution < 1.29 is 18.7 Å². The Bertz CT molecular complexity index is 864. The van der Waals surface area contributed by atoms with E-state index in [1.54, 1.807) is 6.07 Å². The number of benzene rings is 1. The van der Waals surface area contributed by atoms with Crippen molar-refractivity contribution in [2.45, 2.75) is 38.2 Å². The van der Waals surface area contributed by atoms with Crippen LogP contribution in [0.5, 0.6) is 5.75 Å². The highest BCUT2D eigenvalue weighted by Crippen LogP contribution is 2.29. The third kappa shape index (κ3) is 3.36. The number of nitriles is 1. The van der Waals surface area contributed by atoms with Gasteiger partial charge >= 0.3 is 5.97 Å². The van der Waals surface area contributed by atoms with E-state index in [2.05, 4.69) is 0 Å². The lowest BCUT2D eigenvalue weighted by atomic mass is 9.98. The summed E-state index contributed by atoms with van der Waals surface area (Å²) >= 11 is 0. The van der Waals surface area contributed by atoms with Crippen LogP contribution in [-0.4, -0.2) is 23.8 Å². The van der Waals surface area contributed by atoms with Crippen molar-refractivity contribution in [3.63, 3.8) is 0 Å². The molecule has 0 radical (unpaired) electrons. The number of ether oxygens (including phenoxy) is 2. The summed E-state index contributed by atoms with van der Waals surface area (Å²) in [5, 5.41) is 9.15. The highest BCUT2D eigenvalue weighted by Gasteiger charge is 2.23. The Morgan fingerprint density at radius 2 is 2.08 bits per heavy atom. The SMILES string of the molecule is COC(=O)c1c(N)c(C#N)cn1-c1ccc(OC2CCCCC2)c(F)c1. The summed E-state index contributed by atoms with van der Waals surface area (Å²) in [5.41, 5.74) is 6.32. The first-order chi connectivity index (χ1) is 12.5. The standard InChI is InChI=1S/C19H20FN3O3/c1-25-19(24)18-17(22)12(10-21)11-23(18)13-7-8-16(15(20)9-13)26-14-5-3-2-4-6-14/h7-9,11,14H,2-6,22H2,1H3. The number of hydrogen-bond acceptors (Lipinski definition) is 5. The van der Waals surface area contributed by atoms with Gasteiger partial charge in [0.2, 0.25) is 0 Å². The Hall–Kier alpha value is -3.01. The minimum atomic E-state index is -0.702. The number of anilines is 1. The Labute approximate surface area is 150 Å². The van der Waals surface area contributed by atoms with Crippen molar-refractivity contribution >= 4 is 11.7 Å². The molecule has 2 aromatic rings. The molecule has 3 rings (SSSR count). The predicted octanol–water partition coefficient (Wildman–Crippen LogP) is 3.57. The van der Waals surface area contributed by atoms with Crippen LogP contribution in [0, 0.1) is 17.1 Å². The number of aromatic nitrogens is 1. The van der Waals surface area contributed by atoms with Crippen LogP contribution in [0.25, 0.3) is 5.69 Å². The molecule has 6 nitrogen and oxygen atoms in total. The maximum atomic E-state index is 14.5.